The van der Waals surface area contributed by atoms with Crippen LogP contribution in [-0.4, -0.2) is 60.6 Å². The van der Waals surface area contributed by atoms with Crippen molar-refractivity contribution in [2.75, 3.05) is 38.0 Å². The van der Waals surface area contributed by atoms with Crippen molar-refractivity contribution in [3.05, 3.63) is 63.7 Å². The summed E-state index contributed by atoms with van der Waals surface area (Å²) in [5.74, 6) is 0.526. The number of benzene rings is 2. The summed E-state index contributed by atoms with van der Waals surface area (Å²) in [5.41, 5.74) is 0.363. The lowest BCUT2D eigenvalue weighted by atomic mass is 9.86. The molecule has 2 N–H and O–H groups in total. The van der Waals surface area contributed by atoms with Crippen LogP contribution in [0.4, 0.5) is 17.5 Å². The first kappa shape index (κ1) is 25.8. The van der Waals surface area contributed by atoms with Gasteiger partial charge >= 0.3 is 5.97 Å². The number of anilines is 2. The Morgan fingerprint density at radius 2 is 1.84 bits per heavy atom. The van der Waals surface area contributed by atoms with E-state index in [0.717, 1.165) is 55.6 Å². The molecule has 0 unspecified atom stereocenters. The largest absolute Gasteiger partial charge is 0.465 e. The fourth-order valence-electron chi connectivity index (χ4n) is 4.60. The molecule has 1 aliphatic carbocycles. The number of rotatable bonds is 8. The van der Waals surface area contributed by atoms with Crippen LogP contribution in [0.3, 0.4) is 0 Å². The van der Waals surface area contributed by atoms with Crippen molar-refractivity contribution in [2.24, 2.45) is 5.92 Å². The number of esters is 1. The minimum Gasteiger partial charge on any atom is -0.465 e. The molecule has 3 aromatic rings. The normalized spacial score (nSPS) is 17.2. The van der Waals surface area contributed by atoms with Gasteiger partial charge in [0.05, 0.1) is 17.5 Å². The SMILES string of the molecule is COC(=O)c1ccc(C(=O)NCC2CCC(Nc3nc(N(C)C)c4ccccc4n3)CC2)cc1[N+](=O)[O-]. The summed E-state index contributed by atoms with van der Waals surface area (Å²) in [7, 11) is 5.07. The summed E-state index contributed by atoms with van der Waals surface area (Å²) >= 11 is 0. The van der Waals surface area contributed by atoms with Crippen LogP contribution >= 0.6 is 0 Å². The number of ether oxygens (including phenoxy) is 1. The predicted octanol–water partition coefficient (Wildman–Crippen LogP) is 3.79. The summed E-state index contributed by atoms with van der Waals surface area (Å²) < 4.78 is 4.58. The fraction of sp³-hybridized carbons (Fsp3) is 0.385. The molecule has 37 heavy (non-hydrogen) atoms. The van der Waals surface area contributed by atoms with Gasteiger partial charge in [-0.15, -0.1) is 0 Å². The number of aromatic nitrogens is 2. The lowest BCUT2D eigenvalue weighted by molar-refractivity contribution is -0.385. The van der Waals surface area contributed by atoms with E-state index in [9.17, 15) is 19.7 Å². The predicted molar refractivity (Wildman–Crippen MR) is 140 cm³/mol. The molecule has 0 spiro atoms. The highest BCUT2D eigenvalue weighted by Crippen LogP contribution is 2.28. The molecule has 1 fully saturated rings. The second kappa shape index (κ2) is 11.2. The number of nitro groups is 1. The number of hydrogen-bond acceptors (Lipinski definition) is 9. The molecule has 0 atom stereocenters. The van der Waals surface area contributed by atoms with E-state index in [0.29, 0.717) is 18.4 Å². The molecule has 1 aromatic heterocycles. The Balaban J connectivity index is 1.32. The number of nitrogens with zero attached hydrogens (tertiary/aromatic N) is 4. The summed E-state index contributed by atoms with van der Waals surface area (Å²) in [6.07, 6.45) is 3.64. The van der Waals surface area contributed by atoms with Crippen molar-refractivity contribution in [3.63, 3.8) is 0 Å². The molecular formula is C26H30N6O5. The first-order chi connectivity index (χ1) is 17.8. The zero-order valence-electron chi connectivity index (χ0n) is 21.1. The van der Waals surface area contributed by atoms with Crippen LogP contribution in [0.5, 0.6) is 0 Å². The lowest BCUT2D eigenvalue weighted by Crippen LogP contribution is -2.34. The Morgan fingerprint density at radius 3 is 2.51 bits per heavy atom. The van der Waals surface area contributed by atoms with Gasteiger partial charge in [0.25, 0.3) is 11.6 Å². The van der Waals surface area contributed by atoms with Crippen LogP contribution in [0.1, 0.15) is 46.4 Å². The van der Waals surface area contributed by atoms with Crippen LogP contribution in [-0.2, 0) is 4.74 Å². The molecule has 1 aliphatic rings. The quantitative estimate of drug-likeness (QED) is 0.265. The van der Waals surface area contributed by atoms with Crippen LogP contribution in [0.25, 0.3) is 10.9 Å². The topological polar surface area (TPSA) is 140 Å². The van der Waals surface area contributed by atoms with Crippen LogP contribution in [0, 0.1) is 16.0 Å². The third-order valence-corrected chi connectivity index (χ3v) is 6.60. The van der Waals surface area contributed by atoms with Crippen molar-refractivity contribution in [3.8, 4) is 0 Å². The van der Waals surface area contributed by atoms with Crippen LogP contribution in [0.15, 0.2) is 42.5 Å². The van der Waals surface area contributed by atoms with E-state index in [1.165, 1.54) is 12.1 Å². The molecule has 0 radical (unpaired) electrons. The molecule has 0 aliphatic heterocycles. The number of fused-ring (bicyclic) bond motifs is 1. The van der Waals surface area contributed by atoms with Crippen molar-refractivity contribution in [2.45, 2.75) is 31.7 Å². The van der Waals surface area contributed by atoms with Crippen molar-refractivity contribution in [1.29, 1.82) is 0 Å². The molecule has 0 bridgehead atoms. The van der Waals surface area contributed by atoms with Gasteiger partial charge in [0.15, 0.2) is 0 Å². The Labute approximate surface area is 214 Å². The molecule has 11 nitrogen and oxygen atoms in total. The number of carbonyl (C=O) groups is 2. The molecule has 1 amide bonds. The van der Waals surface area contributed by atoms with E-state index >= 15 is 0 Å². The maximum absolute atomic E-state index is 12.6. The van der Waals surface area contributed by atoms with Gasteiger partial charge in [-0.25, -0.2) is 9.78 Å². The Hall–Kier alpha value is -4.28. The molecule has 1 heterocycles. The van der Waals surface area contributed by atoms with Gasteiger partial charge in [0.1, 0.15) is 11.4 Å². The highest BCUT2D eigenvalue weighted by molar-refractivity contribution is 5.99. The summed E-state index contributed by atoms with van der Waals surface area (Å²) in [6, 6.07) is 11.9. The Kier molecular flexibility index (Phi) is 7.80. The van der Waals surface area contributed by atoms with Gasteiger partial charge in [-0.05, 0) is 55.9 Å². The maximum Gasteiger partial charge on any atom is 0.344 e. The highest BCUT2D eigenvalue weighted by Gasteiger charge is 2.25. The smallest absolute Gasteiger partial charge is 0.344 e. The van der Waals surface area contributed by atoms with Crippen LogP contribution in [0.2, 0.25) is 0 Å². The number of amides is 1. The first-order valence-electron chi connectivity index (χ1n) is 12.1. The number of nitro benzene ring substituents is 1. The number of carbonyl (C=O) groups excluding carboxylic acids is 2. The molecule has 2 aromatic carbocycles. The standard InChI is InChI=1S/C26H30N6O5/c1-31(2)23-19-6-4-5-7-21(19)29-26(30-23)28-18-11-8-16(9-12-18)15-27-24(33)17-10-13-20(25(34)37-3)22(14-17)32(35)36/h4-7,10,13-14,16,18H,8-9,11-12,15H2,1-3H3,(H,27,33)(H,28,29,30). The van der Waals surface area contributed by atoms with E-state index in [4.69, 9.17) is 4.98 Å². The highest BCUT2D eigenvalue weighted by atomic mass is 16.6. The first-order valence-corrected chi connectivity index (χ1v) is 12.1. The van der Waals surface area contributed by atoms with Gasteiger partial charge in [-0.3, -0.25) is 14.9 Å². The average molecular weight is 507 g/mol. The van der Waals surface area contributed by atoms with Gasteiger partial charge in [-0.1, -0.05) is 12.1 Å². The summed E-state index contributed by atoms with van der Waals surface area (Å²) in [4.78, 5) is 46.4. The van der Waals surface area contributed by atoms with Gasteiger partial charge in [0, 0.05) is 43.7 Å². The van der Waals surface area contributed by atoms with E-state index in [-0.39, 0.29) is 17.2 Å². The monoisotopic (exact) mass is 506 g/mol. The van der Waals surface area contributed by atoms with E-state index in [2.05, 4.69) is 20.4 Å². The molecular weight excluding hydrogens is 476 g/mol. The zero-order chi connectivity index (χ0) is 26.5. The maximum atomic E-state index is 12.6. The van der Waals surface area contributed by atoms with Crippen LogP contribution < -0.4 is 15.5 Å². The number of para-hydroxylation sites is 1. The minimum absolute atomic E-state index is 0.125. The van der Waals surface area contributed by atoms with E-state index < -0.39 is 22.5 Å². The Morgan fingerprint density at radius 1 is 1.11 bits per heavy atom. The minimum atomic E-state index is -0.823. The Bertz CT molecular complexity index is 1320. The number of methoxy groups -OCH3 is 1. The van der Waals surface area contributed by atoms with Crippen molar-refractivity contribution in [1.82, 2.24) is 15.3 Å². The third kappa shape index (κ3) is 5.93. The zero-order valence-corrected chi connectivity index (χ0v) is 21.1. The van der Waals surface area contributed by atoms with Gasteiger partial charge in [0.2, 0.25) is 5.95 Å². The van der Waals surface area contributed by atoms with E-state index in [1.807, 2.05) is 43.3 Å². The fourth-order valence-corrected chi connectivity index (χ4v) is 4.60. The molecule has 194 valence electrons. The molecule has 0 saturated heterocycles. The summed E-state index contributed by atoms with van der Waals surface area (Å²) in [5, 5.41) is 18.7. The van der Waals surface area contributed by atoms with Gasteiger partial charge in [-0.2, -0.15) is 4.98 Å². The average Bonchev–Trinajstić information content (AvgIpc) is 2.91. The molecule has 11 heteroatoms. The molecule has 1 saturated carbocycles. The molecule has 4 rings (SSSR count). The van der Waals surface area contributed by atoms with Crippen molar-refractivity contribution < 1.29 is 19.2 Å². The number of hydrogen-bond donors (Lipinski definition) is 2. The summed E-state index contributed by atoms with van der Waals surface area (Å²) in [6.45, 7) is 0.468. The second-order valence-corrected chi connectivity index (χ2v) is 9.34. The van der Waals surface area contributed by atoms with Gasteiger partial charge < -0.3 is 20.3 Å². The number of nitrogens with one attached hydrogen (secondary N) is 2. The van der Waals surface area contributed by atoms with E-state index in [1.54, 1.807) is 0 Å². The lowest BCUT2D eigenvalue weighted by Gasteiger charge is -2.29. The van der Waals surface area contributed by atoms with Crippen molar-refractivity contribution >= 4 is 40.2 Å². The third-order valence-electron chi connectivity index (χ3n) is 6.60. The second-order valence-electron chi connectivity index (χ2n) is 9.34.